The number of fused-ring (bicyclic) bond motifs is 3. The van der Waals surface area contributed by atoms with Gasteiger partial charge >= 0.3 is 0 Å². The smallest absolute Gasteiger partial charge is 0.272 e. The molecule has 1 unspecified atom stereocenters. The number of nitrogens with two attached hydrogens (primary N) is 1. The first-order chi connectivity index (χ1) is 15.3. The summed E-state index contributed by atoms with van der Waals surface area (Å²) in [5.74, 6) is -1.44. The van der Waals surface area contributed by atoms with Crippen LogP contribution in [0.5, 0.6) is 0 Å². The maximum absolute atomic E-state index is 14.2. The molecule has 2 atom stereocenters. The van der Waals surface area contributed by atoms with Gasteiger partial charge in [0.2, 0.25) is 5.95 Å². The summed E-state index contributed by atoms with van der Waals surface area (Å²) >= 11 is 0. The van der Waals surface area contributed by atoms with Crippen molar-refractivity contribution in [1.82, 2.24) is 29.5 Å². The molecular weight excluding hydrogens is 416 g/mol. The van der Waals surface area contributed by atoms with Crippen molar-refractivity contribution < 1.29 is 13.6 Å². The fourth-order valence-electron chi connectivity index (χ4n) is 4.25. The third-order valence-electron chi connectivity index (χ3n) is 5.98. The lowest BCUT2D eigenvalue weighted by Crippen LogP contribution is -2.45. The average Bonchev–Trinajstić information content (AvgIpc) is 3.21. The van der Waals surface area contributed by atoms with Crippen LogP contribution in [0.2, 0.25) is 0 Å². The SMILES string of the molecule is Cc1ccnc(C(=O)N2CC(c3nc4c5cc(F)cc(F)c5nc(N)n4n3)CC[C@@H]2C)c1. The van der Waals surface area contributed by atoms with Crippen molar-refractivity contribution in [3.05, 3.63) is 59.2 Å². The summed E-state index contributed by atoms with van der Waals surface area (Å²) < 4.78 is 29.4. The van der Waals surface area contributed by atoms with Crippen LogP contribution < -0.4 is 5.73 Å². The number of likely N-dealkylation sites (tertiary alicyclic amines) is 1. The predicted molar refractivity (Wildman–Crippen MR) is 114 cm³/mol. The van der Waals surface area contributed by atoms with Crippen LogP contribution in [-0.2, 0) is 0 Å². The summed E-state index contributed by atoms with van der Waals surface area (Å²) in [5, 5.41) is 4.66. The zero-order valence-electron chi connectivity index (χ0n) is 17.6. The third kappa shape index (κ3) is 3.31. The first-order valence-corrected chi connectivity index (χ1v) is 10.4. The standard InChI is InChI=1S/C22H21F2N7O/c1-11-5-6-26-17(7-11)21(32)30-10-13(4-3-12(30)2)19-28-20-15-8-14(23)9-16(24)18(15)27-22(25)31(20)29-19/h5-9,12-13H,3-4,10H2,1-2H3,(H2,25,27)/t12-,13?/m0/s1. The maximum atomic E-state index is 14.2. The minimum absolute atomic E-state index is 0.0360. The van der Waals surface area contributed by atoms with Crippen molar-refractivity contribution in [3.8, 4) is 0 Å². The van der Waals surface area contributed by atoms with E-state index in [1.165, 1.54) is 10.6 Å². The molecule has 1 amide bonds. The molecular formula is C22H21F2N7O. The molecule has 1 aliphatic rings. The fraction of sp³-hybridized carbons (Fsp3) is 0.318. The van der Waals surface area contributed by atoms with Gasteiger partial charge in [-0.05, 0) is 50.5 Å². The Morgan fingerprint density at radius 2 is 2.00 bits per heavy atom. The van der Waals surface area contributed by atoms with E-state index in [1.807, 2.05) is 19.9 Å². The van der Waals surface area contributed by atoms with Crippen molar-refractivity contribution in [3.63, 3.8) is 0 Å². The van der Waals surface area contributed by atoms with Crippen LogP contribution in [0, 0.1) is 18.6 Å². The topological polar surface area (TPSA) is 102 Å². The number of aromatic nitrogens is 5. The van der Waals surface area contributed by atoms with Gasteiger partial charge in [0.25, 0.3) is 5.91 Å². The first kappa shape index (κ1) is 20.2. The van der Waals surface area contributed by atoms with Crippen LogP contribution in [0.25, 0.3) is 16.6 Å². The second-order valence-corrected chi connectivity index (χ2v) is 8.26. The van der Waals surface area contributed by atoms with Crippen LogP contribution in [0.15, 0.2) is 30.5 Å². The second-order valence-electron chi connectivity index (χ2n) is 8.26. The van der Waals surface area contributed by atoms with E-state index in [0.29, 0.717) is 18.1 Å². The molecule has 164 valence electrons. The molecule has 0 radical (unpaired) electrons. The Kier molecular flexibility index (Phi) is 4.72. The molecule has 0 spiro atoms. The highest BCUT2D eigenvalue weighted by molar-refractivity contribution is 5.93. The zero-order valence-corrected chi connectivity index (χ0v) is 17.6. The van der Waals surface area contributed by atoms with Crippen molar-refractivity contribution in [2.45, 2.75) is 38.6 Å². The number of halogens is 2. The van der Waals surface area contributed by atoms with Gasteiger partial charge in [0.1, 0.15) is 17.0 Å². The lowest BCUT2D eigenvalue weighted by molar-refractivity contribution is 0.0600. The minimum atomic E-state index is -0.812. The van der Waals surface area contributed by atoms with Gasteiger partial charge in [-0.3, -0.25) is 9.78 Å². The molecule has 0 bridgehead atoms. The molecule has 1 aliphatic heterocycles. The van der Waals surface area contributed by atoms with Gasteiger partial charge in [-0.25, -0.2) is 18.7 Å². The number of nitrogens with zero attached hydrogens (tertiary/aromatic N) is 6. The first-order valence-electron chi connectivity index (χ1n) is 10.4. The Labute approximate surface area is 182 Å². The number of hydrogen-bond donors (Lipinski definition) is 1. The number of carbonyl (C=O) groups excluding carboxylic acids is 1. The van der Waals surface area contributed by atoms with Crippen LogP contribution in [0.3, 0.4) is 0 Å². The van der Waals surface area contributed by atoms with E-state index >= 15 is 0 Å². The quantitative estimate of drug-likeness (QED) is 0.517. The Morgan fingerprint density at radius 1 is 1.19 bits per heavy atom. The van der Waals surface area contributed by atoms with Crippen LogP contribution in [0.1, 0.15) is 47.6 Å². The highest BCUT2D eigenvalue weighted by Gasteiger charge is 2.33. The third-order valence-corrected chi connectivity index (χ3v) is 5.98. The lowest BCUT2D eigenvalue weighted by atomic mass is 9.92. The van der Waals surface area contributed by atoms with Crippen LogP contribution in [0.4, 0.5) is 14.7 Å². The van der Waals surface area contributed by atoms with Gasteiger partial charge in [-0.15, -0.1) is 5.10 Å². The largest absolute Gasteiger partial charge is 0.368 e. The number of aryl methyl sites for hydroxylation is 1. The van der Waals surface area contributed by atoms with Crippen molar-refractivity contribution >= 4 is 28.4 Å². The number of pyridine rings is 1. The molecule has 4 aromatic rings. The van der Waals surface area contributed by atoms with Gasteiger partial charge in [0.15, 0.2) is 17.3 Å². The molecule has 5 rings (SSSR count). The summed E-state index contributed by atoms with van der Waals surface area (Å²) in [7, 11) is 0. The van der Waals surface area contributed by atoms with Gasteiger partial charge in [0, 0.05) is 30.8 Å². The second kappa shape index (κ2) is 7.47. The maximum Gasteiger partial charge on any atom is 0.272 e. The van der Waals surface area contributed by atoms with E-state index in [4.69, 9.17) is 5.73 Å². The van der Waals surface area contributed by atoms with E-state index in [-0.39, 0.29) is 40.4 Å². The van der Waals surface area contributed by atoms with Gasteiger partial charge < -0.3 is 10.6 Å². The highest BCUT2D eigenvalue weighted by Crippen LogP contribution is 2.31. The molecule has 2 N–H and O–H groups in total. The fourth-order valence-corrected chi connectivity index (χ4v) is 4.25. The van der Waals surface area contributed by atoms with Gasteiger partial charge in [0.05, 0.1) is 5.39 Å². The van der Waals surface area contributed by atoms with E-state index in [9.17, 15) is 13.6 Å². The summed E-state index contributed by atoms with van der Waals surface area (Å²) in [6, 6.07) is 5.57. The predicted octanol–water partition coefficient (Wildman–Crippen LogP) is 3.25. The molecule has 10 heteroatoms. The number of piperidine rings is 1. The van der Waals surface area contributed by atoms with Crippen LogP contribution in [-0.4, -0.2) is 48.0 Å². The number of anilines is 1. The average molecular weight is 437 g/mol. The minimum Gasteiger partial charge on any atom is -0.368 e. The summed E-state index contributed by atoms with van der Waals surface area (Å²) in [5.41, 5.74) is 7.50. The van der Waals surface area contributed by atoms with Crippen molar-refractivity contribution in [1.29, 1.82) is 0 Å². The Balaban J connectivity index is 1.53. The van der Waals surface area contributed by atoms with E-state index < -0.39 is 11.6 Å². The zero-order chi connectivity index (χ0) is 22.6. The Morgan fingerprint density at radius 3 is 2.78 bits per heavy atom. The number of hydrogen-bond acceptors (Lipinski definition) is 6. The summed E-state index contributed by atoms with van der Waals surface area (Å²) in [6.45, 7) is 4.32. The van der Waals surface area contributed by atoms with Crippen molar-refractivity contribution in [2.24, 2.45) is 0 Å². The molecule has 1 saturated heterocycles. The molecule has 3 aromatic heterocycles. The monoisotopic (exact) mass is 437 g/mol. The lowest BCUT2D eigenvalue weighted by Gasteiger charge is -2.36. The molecule has 32 heavy (non-hydrogen) atoms. The van der Waals surface area contributed by atoms with Crippen molar-refractivity contribution in [2.75, 3.05) is 12.3 Å². The molecule has 4 heterocycles. The number of benzene rings is 1. The summed E-state index contributed by atoms with van der Waals surface area (Å²) in [6.07, 6.45) is 3.14. The normalized spacial score (nSPS) is 19.1. The van der Waals surface area contributed by atoms with Gasteiger partial charge in [-0.1, -0.05) is 0 Å². The highest BCUT2D eigenvalue weighted by atomic mass is 19.1. The van der Waals surface area contributed by atoms with E-state index in [2.05, 4.69) is 20.1 Å². The Hall–Kier alpha value is -3.69. The molecule has 0 aliphatic carbocycles. The Bertz CT molecular complexity index is 1370. The molecule has 8 nitrogen and oxygen atoms in total. The molecule has 1 fully saturated rings. The molecule has 1 aromatic carbocycles. The number of carbonyl (C=O) groups is 1. The van der Waals surface area contributed by atoms with Crippen LogP contribution >= 0.6 is 0 Å². The summed E-state index contributed by atoms with van der Waals surface area (Å²) in [4.78, 5) is 27.7. The number of nitrogen functional groups attached to an aromatic ring is 1. The molecule has 0 saturated carbocycles. The van der Waals surface area contributed by atoms with E-state index in [1.54, 1.807) is 17.2 Å². The number of amides is 1. The van der Waals surface area contributed by atoms with Gasteiger partial charge in [-0.2, -0.15) is 4.52 Å². The van der Waals surface area contributed by atoms with E-state index in [0.717, 1.165) is 24.5 Å². The number of rotatable bonds is 2.